The van der Waals surface area contributed by atoms with Crippen molar-refractivity contribution in [2.75, 3.05) is 0 Å². The Balaban J connectivity index is 2.05. The Morgan fingerprint density at radius 3 is 3.05 bits per heavy atom. The first-order valence-corrected chi connectivity index (χ1v) is 7.72. The molecule has 3 aromatic heterocycles. The van der Waals surface area contributed by atoms with Gasteiger partial charge in [0.15, 0.2) is 5.82 Å². The first-order chi connectivity index (χ1) is 9.56. The number of thiophene rings is 1. The van der Waals surface area contributed by atoms with Gasteiger partial charge >= 0.3 is 0 Å². The van der Waals surface area contributed by atoms with Gasteiger partial charge in [-0.05, 0) is 34.3 Å². The topological polar surface area (TPSA) is 60.7 Å². The predicted octanol–water partition coefficient (Wildman–Crippen LogP) is 3.02. The molecule has 0 bridgehead atoms. The summed E-state index contributed by atoms with van der Waals surface area (Å²) in [6.07, 6.45) is 1.48. The Bertz CT molecular complexity index is 860. The Morgan fingerprint density at radius 2 is 2.25 bits per heavy atom. The SMILES string of the molecule is Cc1ncn(Cc2nc(Cl)c3ccsc3n2)c(=O)c1Br. The quantitative estimate of drug-likeness (QED) is 0.650. The van der Waals surface area contributed by atoms with Crippen molar-refractivity contribution in [3.8, 4) is 0 Å². The van der Waals surface area contributed by atoms with Gasteiger partial charge in [0.2, 0.25) is 0 Å². The first-order valence-electron chi connectivity index (χ1n) is 5.67. The van der Waals surface area contributed by atoms with Gasteiger partial charge in [-0.2, -0.15) is 0 Å². The van der Waals surface area contributed by atoms with Crippen LogP contribution < -0.4 is 5.56 Å². The van der Waals surface area contributed by atoms with Crippen molar-refractivity contribution in [2.45, 2.75) is 13.5 Å². The lowest BCUT2D eigenvalue weighted by molar-refractivity contribution is 0.692. The van der Waals surface area contributed by atoms with E-state index in [2.05, 4.69) is 30.9 Å². The summed E-state index contributed by atoms with van der Waals surface area (Å²) in [5.41, 5.74) is 0.488. The van der Waals surface area contributed by atoms with Crippen molar-refractivity contribution in [1.29, 1.82) is 0 Å². The second-order valence-corrected chi connectivity index (χ2v) is 6.19. The summed E-state index contributed by atoms with van der Waals surface area (Å²) < 4.78 is 1.89. The van der Waals surface area contributed by atoms with Crippen molar-refractivity contribution in [2.24, 2.45) is 0 Å². The molecule has 0 atom stereocenters. The average Bonchev–Trinajstić information content (AvgIpc) is 2.88. The van der Waals surface area contributed by atoms with Gasteiger partial charge in [-0.25, -0.2) is 15.0 Å². The van der Waals surface area contributed by atoms with Crippen LogP contribution in [-0.2, 0) is 6.54 Å². The van der Waals surface area contributed by atoms with Crippen LogP contribution in [0.5, 0.6) is 0 Å². The summed E-state index contributed by atoms with van der Waals surface area (Å²) in [5, 5.41) is 3.14. The van der Waals surface area contributed by atoms with Gasteiger partial charge < -0.3 is 0 Å². The number of rotatable bonds is 2. The fraction of sp³-hybridized carbons (Fsp3) is 0.167. The van der Waals surface area contributed by atoms with E-state index >= 15 is 0 Å². The highest BCUT2D eigenvalue weighted by atomic mass is 79.9. The summed E-state index contributed by atoms with van der Waals surface area (Å²) in [6, 6.07) is 1.88. The number of nitrogens with zero attached hydrogens (tertiary/aromatic N) is 4. The molecule has 0 aliphatic carbocycles. The minimum atomic E-state index is -0.163. The normalized spacial score (nSPS) is 11.2. The molecule has 0 N–H and O–H groups in total. The van der Waals surface area contributed by atoms with E-state index < -0.39 is 0 Å². The molecule has 102 valence electrons. The average molecular weight is 372 g/mol. The van der Waals surface area contributed by atoms with E-state index in [1.54, 1.807) is 6.92 Å². The maximum Gasteiger partial charge on any atom is 0.268 e. The van der Waals surface area contributed by atoms with Gasteiger partial charge in [0, 0.05) is 5.39 Å². The zero-order valence-corrected chi connectivity index (χ0v) is 13.5. The maximum atomic E-state index is 12.1. The van der Waals surface area contributed by atoms with Crippen LogP contribution >= 0.6 is 38.9 Å². The molecule has 20 heavy (non-hydrogen) atoms. The number of hydrogen-bond acceptors (Lipinski definition) is 5. The molecule has 0 aliphatic rings. The third-order valence-electron chi connectivity index (χ3n) is 2.79. The van der Waals surface area contributed by atoms with Gasteiger partial charge in [0.05, 0.1) is 18.6 Å². The second kappa shape index (κ2) is 5.23. The highest BCUT2D eigenvalue weighted by molar-refractivity contribution is 9.10. The molecule has 0 aromatic carbocycles. The van der Waals surface area contributed by atoms with E-state index in [9.17, 15) is 4.79 Å². The summed E-state index contributed by atoms with van der Waals surface area (Å²) in [6.45, 7) is 2.00. The molecule has 3 aromatic rings. The molecule has 0 radical (unpaired) electrons. The molecule has 0 fully saturated rings. The lowest BCUT2D eigenvalue weighted by Gasteiger charge is -2.06. The fourth-order valence-corrected chi connectivity index (χ4v) is 3.16. The molecule has 0 amide bonds. The van der Waals surface area contributed by atoms with Crippen molar-refractivity contribution >= 4 is 49.1 Å². The Morgan fingerprint density at radius 1 is 1.45 bits per heavy atom. The number of fused-ring (bicyclic) bond motifs is 1. The van der Waals surface area contributed by atoms with Gasteiger partial charge in [-0.3, -0.25) is 9.36 Å². The van der Waals surface area contributed by atoms with E-state index in [1.807, 2.05) is 11.4 Å². The Labute approximate surface area is 131 Å². The van der Waals surface area contributed by atoms with Gasteiger partial charge in [-0.15, -0.1) is 11.3 Å². The van der Waals surface area contributed by atoms with Gasteiger partial charge in [0.25, 0.3) is 5.56 Å². The van der Waals surface area contributed by atoms with Gasteiger partial charge in [0.1, 0.15) is 14.5 Å². The van der Waals surface area contributed by atoms with Crippen LogP contribution in [0.4, 0.5) is 0 Å². The summed E-state index contributed by atoms with van der Waals surface area (Å²) in [4.78, 5) is 25.7. The number of halogens is 2. The minimum Gasteiger partial charge on any atom is -0.291 e. The molecular weight excluding hydrogens is 364 g/mol. The molecule has 0 saturated carbocycles. The molecule has 8 heteroatoms. The van der Waals surface area contributed by atoms with E-state index in [-0.39, 0.29) is 12.1 Å². The standard InChI is InChI=1S/C12H8BrClN4OS/c1-6-9(13)12(19)18(5-15-6)4-8-16-10(14)7-2-3-20-11(7)17-8/h2-3,5H,4H2,1H3. The minimum absolute atomic E-state index is 0.163. The number of aryl methyl sites for hydroxylation is 1. The first kappa shape index (κ1) is 13.7. The Hall–Kier alpha value is -1.31. The molecular formula is C12H8BrClN4OS. The van der Waals surface area contributed by atoms with E-state index in [0.717, 1.165) is 10.2 Å². The van der Waals surface area contributed by atoms with Crippen LogP contribution in [0.15, 0.2) is 27.0 Å². The summed E-state index contributed by atoms with van der Waals surface area (Å²) in [7, 11) is 0. The van der Waals surface area contributed by atoms with Crippen molar-refractivity contribution < 1.29 is 0 Å². The van der Waals surface area contributed by atoms with Crippen molar-refractivity contribution in [3.63, 3.8) is 0 Å². The third-order valence-corrected chi connectivity index (χ3v) is 4.80. The second-order valence-electron chi connectivity index (χ2n) is 4.15. The van der Waals surface area contributed by atoms with Crippen LogP contribution in [-0.4, -0.2) is 19.5 Å². The fourth-order valence-electron chi connectivity index (χ4n) is 1.74. The number of hydrogen-bond donors (Lipinski definition) is 0. The molecule has 3 heterocycles. The number of aromatic nitrogens is 4. The monoisotopic (exact) mass is 370 g/mol. The third kappa shape index (κ3) is 2.36. The predicted molar refractivity (Wildman–Crippen MR) is 82.5 cm³/mol. The highest BCUT2D eigenvalue weighted by Gasteiger charge is 2.10. The highest BCUT2D eigenvalue weighted by Crippen LogP contribution is 2.24. The van der Waals surface area contributed by atoms with Crippen LogP contribution in [0.25, 0.3) is 10.2 Å². The molecule has 0 unspecified atom stereocenters. The molecule has 0 aliphatic heterocycles. The lowest BCUT2D eigenvalue weighted by atomic mass is 10.4. The summed E-state index contributed by atoms with van der Waals surface area (Å²) >= 11 is 10.8. The molecule has 0 spiro atoms. The van der Waals surface area contributed by atoms with Crippen molar-refractivity contribution in [3.05, 3.63) is 49.3 Å². The zero-order chi connectivity index (χ0) is 14.3. The maximum absolute atomic E-state index is 12.1. The van der Waals surface area contributed by atoms with E-state index in [0.29, 0.717) is 21.1 Å². The Kier molecular flexibility index (Phi) is 3.57. The van der Waals surface area contributed by atoms with Crippen LogP contribution in [0.1, 0.15) is 11.5 Å². The molecule has 0 saturated heterocycles. The molecule has 3 rings (SSSR count). The zero-order valence-electron chi connectivity index (χ0n) is 10.3. The largest absolute Gasteiger partial charge is 0.291 e. The van der Waals surface area contributed by atoms with Crippen LogP contribution in [0, 0.1) is 6.92 Å². The smallest absolute Gasteiger partial charge is 0.268 e. The van der Waals surface area contributed by atoms with Crippen LogP contribution in [0.2, 0.25) is 5.15 Å². The van der Waals surface area contributed by atoms with Crippen molar-refractivity contribution in [1.82, 2.24) is 19.5 Å². The van der Waals surface area contributed by atoms with Crippen LogP contribution in [0.3, 0.4) is 0 Å². The lowest BCUT2D eigenvalue weighted by Crippen LogP contribution is -2.23. The molecule has 5 nitrogen and oxygen atoms in total. The van der Waals surface area contributed by atoms with E-state index in [4.69, 9.17) is 11.6 Å². The van der Waals surface area contributed by atoms with E-state index in [1.165, 1.54) is 22.2 Å². The summed E-state index contributed by atoms with van der Waals surface area (Å²) in [5.74, 6) is 0.490. The van der Waals surface area contributed by atoms with Gasteiger partial charge in [-0.1, -0.05) is 11.6 Å².